The Labute approximate surface area is 251 Å². The summed E-state index contributed by atoms with van der Waals surface area (Å²) in [6, 6.07) is 14.1. The van der Waals surface area contributed by atoms with E-state index < -0.39 is 23.8 Å². The average Bonchev–Trinajstić information content (AvgIpc) is 2.91. The van der Waals surface area contributed by atoms with Crippen LogP contribution < -0.4 is 11.1 Å². The maximum absolute atomic E-state index is 14.0. The number of carbonyl (C=O) groups excluding carboxylic acids is 4. The highest BCUT2D eigenvalue weighted by Gasteiger charge is 2.45. The number of amides is 4. The Morgan fingerprint density at radius 2 is 1.68 bits per heavy atom. The lowest BCUT2D eigenvalue weighted by molar-refractivity contribution is -0.139. The zero-order valence-corrected chi connectivity index (χ0v) is 26.2. The van der Waals surface area contributed by atoms with Crippen molar-refractivity contribution in [3.05, 3.63) is 69.7 Å². The molecule has 0 saturated carbocycles. The summed E-state index contributed by atoms with van der Waals surface area (Å²) >= 11 is 3.48. The molecule has 41 heavy (non-hydrogen) atoms. The topological polar surface area (TPSA) is 116 Å². The summed E-state index contributed by atoms with van der Waals surface area (Å²) in [5, 5.41) is 3.10. The average molecular weight is 629 g/mol. The SMILES string of the molecule is CC(C)CCNC(=O)C1c2ccccc2C(=O)N(CC(C)C(=O)N(CCN(C)C)CC(N)=O)C1c1ccc(Br)cc1. The van der Waals surface area contributed by atoms with Gasteiger partial charge in [-0.05, 0) is 55.8 Å². The Kier molecular flexibility index (Phi) is 11.5. The van der Waals surface area contributed by atoms with Gasteiger partial charge in [-0.15, -0.1) is 0 Å². The molecule has 0 aromatic heterocycles. The van der Waals surface area contributed by atoms with Crippen LogP contribution in [0.5, 0.6) is 0 Å². The third-order valence-electron chi connectivity index (χ3n) is 7.32. The van der Waals surface area contributed by atoms with E-state index in [1.54, 1.807) is 24.0 Å². The van der Waals surface area contributed by atoms with E-state index >= 15 is 0 Å². The van der Waals surface area contributed by atoms with Crippen LogP contribution in [0.15, 0.2) is 53.0 Å². The predicted octanol–water partition coefficient (Wildman–Crippen LogP) is 3.40. The standard InChI is InChI=1S/C31H42BrN5O4/c1-20(2)14-15-34-29(39)27-24-8-6-7-9-25(24)31(41)37(28(27)22-10-12-23(32)13-11-22)18-21(3)30(40)36(19-26(33)38)17-16-35(4)5/h6-13,20-21,27-28H,14-19H2,1-5H3,(H2,33,38)(H,34,39). The molecule has 3 N–H and O–H groups in total. The molecule has 1 aliphatic rings. The van der Waals surface area contributed by atoms with Crippen molar-refractivity contribution in [1.82, 2.24) is 20.0 Å². The molecule has 0 radical (unpaired) electrons. The second-order valence-corrected chi connectivity index (χ2v) is 12.3. The molecule has 0 bridgehead atoms. The van der Waals surface area contributed by atoms with Crippen molar-refractivity contribution in [2.24, 2.45) is 17.6 Å². The molecular formula is C31H42BrN5O4. The van der Waals surface area contributed by atoms with E-state index in [4.69, 9.17) is 5.73 Å². The van der Waals surface area contributed by atoms with E-state index in [-0.39, 0.29) is 30.8 Å². The summed E-state index contributed by atoms with van der Waals surface area (Å²) in [6.07, 6.45) is 0.833. The number of primary amides is 1. The molecule has 4 amide bonds. The molecule has 3 atom stereocenters. The molecule has 10 heteroatoms. The first kappa shape index (κ1) is 32.3. The second kappa shape index (κ2) is 14.6. The monoisotopic (exact) mass is 627 g/mol. The van der Waals surface area contributed by atoms with Gasteiger partial charge in [0.2, 0.25) is 17.7 Å². The number of likely N-dealkylation sites (N-methyl/N-ethyl adjacent to an activating group) is 1. The summed E-state index contributed by atoms with van der Waals surface area (Å²) in [6.45, 7) is 7.23. The molecule has 222 valence electrons. The Bertz CT molecular complexity index is 1230. The van der Waals surface area contributed by atoms with Gasteiger partial charge in [0.15, 0.2) is 0 Å². The van der Waals surface area contributed by atoms with Crippen LogP contribution in [-0.4, -0.2) is 85.1 Å². The van der Waals surface area contributed by atoms with Crippen molar-refractivity contribution >= 4 is 39.6 Å². The van der Waals surface area contributed by atoms with Crippen molar-refractivity contribution < 1.29 is 19.2 Å². The normalized spacial score (nSPS) is 17.4. The summed E-state index contributed by atoms with van der Waals surface area (Å²) in [4.78, 5) is 58.3. The fraction of sp³-hybridized carbons (Fsp3) is 0.484. The van der Waals surface area contributed by atoms with Crippen molar-refractivity contribution in [2.75, 3.05) is 46.8 Å². The van der Waals surface area contributed by atoms with Crippen molar-refractivity contribution in [3.63, 3.8) is 0 Å². The van der Waals surface area contributed by atoms with E-state index in [1.807, 2.05) is 55.4 Å². The number of benzene rings is 2. The minimum Gasteiger partial charge on any atom is -0.368 e. The molecule has 3 unspecified atom stereocenters. The number of nitrogens with one attached hydrogen (secondary N) is 1. The van der Waals surface area contributed by atoms with Gasteiger partial charge in [-0.25, -0.2) is 0 Å². The first-order valence-corrected chi connectivity index (χ1v) is 14.8. The Balaban J connectivity index is 2.03. The van der Waals surface area contributed by atoms with Gasteiger partial charge in [0.1, 0.15) is 0 Å². The van der Waals surface area contributed by atoms with Gasteiger partial charge >= 0.3 is 0 Å². The second-order valence-electron chi connectivity index (χ2n) is 11.4. The number of nitrogens with zero attached hydrogens (tertiary/aromatic N) is 3. The number of nitrogens with two attached hydrogens (primary N) is 1. The van der Waals surface area contributed by atoms with Gasteiger partial charge in [-0.1, -0.05) is 67.0 Å². The predicted molar refractivity (Wildman–Crippen MR) is 163 cm³/mol. The molecule has 3 rings (SSSR count). The zero-order chi connectivity index (χ0) is 30.3. The highest BCUT2D eigenvalue weighted by molar-refractivity contribution is 9.10. The fourth-order valence-corrected chi connectivity index (χ4v) is 5.43. The van der Waals surface area contributed by atoms with Crippen LogP contribution in [0.1, 0.15) is 60.6 Å². The minimum atomic E-state index is -0.671. The van der Waals surface area contributed by atoms with Crippen LogP contribution in [0.25, 0.3) is 0 Å². The molecule has 0 saturated heterocycles. The lowest BCUT2D eigenvalue weighted by Gasteiger charge is -2.43. The lowest BCUT2D eigenvalue weighted by atomic mass is 9.78. The number of halogens is 1. The molecule has 0 fully saturated rings. The molecular weight excluding hydrogens is 586 g/mol. The third kappa shape index (κ3) is 8.39. The fourth-order valence-electron chi connectivity index (χ4n) is 5.16. The number of hydrogen-bond acceptors (Lipinski definition) is 5. The maximum Gasteiger partial charge on any atom is 0.254 e. The maximum atomic E-state index is 14.0. The van der Waals surface area contributed by atoms with Crippen molar-refractivity contribution in [1.29, 1.82) is 0 Å². The summed E-state index contributed by atoms with van der Waals surface area (Å²) < 4.78 is 0.875. The van der Waals surface area contributed by atoms with Gasteiger partial charge < -0.3 is 25.8 Å². The van der Waals surface area contributed by atoms with E-state index in [2.05, 4.69) is 35.1 Å². The third-order valence-corrected chi connectivity index (χ3v) is 7.85. The Hall–Kier alpha value is -3.24. The molecule has 2 aromatic rings. The van der Waals surface area contributed by atoms with Crippen molar-refractivity contribution in [2.45, 2.75) is 39.2 Å². The van der Waals surface area contributed by atoms with Crippen LogP contribution >= 0.6 is 15.9 Å². The largest absolute Gasteiger partial charge is 0.368 e. The number of carbonyl (C=O) groups is 4. The number of rotatable bonds is 13. The molecule has 0 aliphatic carbocycles. The molecule has 0 spiro atoms. The Morgan fingerprint density at radius 3 is 2.29 bits per heavy atom. The van der Waals surface area contributed by atoms with Crippen LogP contribution in [-0.2, 0) is 14.4 Å². The van der Waals surface area contributed by atoms with E-state index in [0.29, 0.717) is 36.7 Å². The van der Waals surface area contributed by atoms with Crippen LogP contribution in [0, 0.1) is 11.8 Å². The number of fused-ring (bicyclic) bond motifs is 1. The van der Waals surface area contributed by atoms with E-state index in [9.17, 15) is 19.2 Å². The minimum absolute atomic E-state index is 0.0692. The molecule has 1 heterocycles. The highest BCUT2D eigenvalue weighted by atomic mass is 79.9. The van der Waals surface area contributed by atoms with Gasteiger partial charge in [-0.2, -0.15) is 0 Å². The summed E-state index contributed by atoms with van der Waals surface area (Å²) in [7, 11) is 3.77. The highest BCUT2D eigenvalue weighted by Crippen LogP contribution is 2.43. The van der Waals surface area contributed by atoms with Crippen LogP contribution in [0.2, 0.25) is 0 Å². The first-order chi connectivity index (χ1) is 19.4. The summed E-state index contributed by atoms with van der Waals surface area (Å²) in [5.74, 6) is -2.17. The first-order valence-electron chi connectivity index (χ1n) is 14.1. The molecule has 1 aliphatic heterocycles. The zero-order valence-electron chi connectivity index (χ0n) is 24.6. The molecule has 9 nitrogen and oxygen atoms in total. The van der Waals surface area contributed by atoms with Crippen molar-refractivity contribution in [3.8, 4) is 0 Å². The number of hydrogen-bond donors (Lipinski definition) is 2. The van der Waals surface area contributed by atoms with Gasteiger partial charge in [0.25, 0.3) is 5.91 Å². The summed E-state index contributed by atoms with van der Waals surface area (Å²) in [5.41, 5.74) is 7.37. The quantitative estimate of drug-likeness (QED) is 0.353. The lowest BCUT2D eigenvalue weighted by Crippen LogP contribution is -2.51. The van der Waals surface area contributed by atoms with Gasteiger partial charge in [0, 0.05) is 36.2 Å². The Morgan fingerprint density at radius 1 is 1.02 bits per heavy atom. The smallest absolute Gasteiger partial charge is 0.254 e. The van der Waals surface area contributed by atoms with Crippen LogP contribution in [0.4, 0.5) is 0 Å². The molecule has 2 aromatic carbocycles. The van der Waals surface area contributed by atoms with Gasteiger partial charge in [0.05, 0.1) is 24.4 Å². The van der Waals surface area contributed by atoms with E-state index in [1.165, 1.54) is 4.90 Å². The van der Waals surface area contributed by atoms with E-state index in [0.717, 1.165) is 16.5 Å². The van der Waals surface area contributed by atoms with Crippen LogP contribution in [0.3, 0.4) is 0 Å². The van der Waals surface area contributed by atoms with Gasteiger partial charge in [-0.3, -0.25) is 19.2 Å².